The lowest BCUT2D eigenvalue weighted by Crippen LogP contribution is -2.27. The molecule has 1 fully saturated rings. The number of carbonyl (C=O) groups excluding carboxylic acids is 1. The zero-order valence-corrected chi connectivity index (χ0v) is 13.6. The van der Waals surface area contributed by atoms with Gasteiger partial charge in [-0.15, -0.1) is 11.3 Å². The summed E-state index contributed by atoms with van der Waals surface area (Å²) in [5, 5.41) is 1.98. The maximum absolute atomic E-state index is 12.6. The molecule has 0 unspecified atom stereocenters. The Kier molecular flexibility index (Phi) is 3.40. The fourth-order valence-corrected chi connectivity index (χ4v) is 4.24. The van der Waals surface area contributed by atoms with Crippen LogP contribution in [0.25, 0.3) is 6.08 Å². The number of nitrogens with zero attached hydrogens (tertiary/aromatic N) is 1. The predicted molar refractivity (Wildman–Crippen MR) is 92.5 cm³/mol. The molecule has 2 aliphatic heterocycles. The van der Waals surface area contributed by atoms with Gasteiger partial charge in [0.05, 0.1) is 10.6 Å². The number of ether oxygens (including phenoxy) is 2. The Morgan fingerprint density at radius 1 is 1.23 bits per heavy atom. The van der Waals surface area contributed by atoms with Crippen molar-refractivity contribution in [3.8, 4) is 11.5 Å². The van der Waals surface area contributed by atoms with E-state index in [1.165, 1.54) is 16.7 Å². The molecule has 0 aliphatic carbocycles. The van der Waals surface area contributed by atoms with E-state index in [1.54, 1.807) is 23.5 Å². The van der Waals surface area contributed by atoms with Crippen molar-refractivity contribution in [3.05, 3.63) is 45.5 Å². The molecule has 1 saturated heterocycles. The minimum Gasteiger partial charge on any atom is -0.454 e. The second kappa shape index (κ2) is 5.42. The zero-order valence-electron chi connectivity index (χ0n) is 11.1. The van der Waals surface area contributed by atoms with E-state index in [1.807, 2.05) is 29.7 Å². The van der Waals surface area contributed by atoms with Gasteiger partial charge in [0, 0.05) is 10.9 Å². The highest BCUT2D eigenvalue weighted by molar-refractivity contribution is 8.27. The molecule has 3 heterocycles. The molecule has 7 heteroatoms. The molecule has 2 aliphatic rings. The van der Waals surface area contributed by atoms with Crippen LogP contribution in [-0.4, -0.2) is 17.0 Å². The molecule has 1 amide bonds. The summed E-state index contributed by atoms with van der Waals surface area (Å²) in [6.45, 7) is 0.204. The first kappa shape index (κ1) is 13.8. The quantitative estimate of drug-likeness (QED) is 0.609. The van der Waals surface area contributed by atoms with Crippen molar-refractivity contribution in [3.63, 3.8) is 0 Å². The first-order chi connectivity index (χ1) is 10.7. The number of thioether (sulfide) groups is 1. The van der Waals surface area contributed by atoms with Crippen LogP contribution in [-0.2, 0) is 4.79 Å². The number of thiophene rings is 1. The maximum Gasteiger partial charge on any atom is 0.270 e. The van der Waals surface area contributed by atoms with Gasteiger partial charge < -0.3 is 9.47 Å². The van der Waals surface area contributed by atoms with Gasteiger partial charge in [-0.1, -0.05) is 30.0 Å². The van der Waals surface area contributed by atoms with Gasteiger partial charge in [-0.3, -0.25) is 9.69 Å². The Morgan fingerprint density at radius 2 is 2.09 bits per heavy atom. The highest BCUT2D eigenvalue weighted by Gasteiger charge is 2.34. The smallest absolute Gasteiger partial charge is 0.270 e. The molecule has 110 valence electrons. The monoisotopic (exact) mass is 347 g/mol. The molecule has 2 aromatic rings. The van der Waals surface area contributed by atoms with Crippen LogP contribution in [0.4, 0.5) is 5.69 Å². The third-order valence-electron chi connectivity index (χ3n) is 3.22. The van der Waals surface area contributed by atoms with E-state index in [-0.39, 0.29) is 12.7 Å². The minimum atomic E-state index is -0.109. The Hall–Kier alpha value is -1.83. The summed E-state index contributed by atoms with van der Waals surface area (Å²) >= 11 is 8.26. The molecule has 1 aromatic carbocycles. The second-order valence-electron chi connectivity index (χ2n) is 4.57. The van der Waals surface area contributed by atoms with Crippen LogP contribution in [0, 0.1) is 0 Å². The average molecular weight is 347 g/mol. The Labute approximate surface area is 140 Å². The predicted octanol–water partition coefficient (Wildman–Crippen LogP) is 3.88. The topological polar surface area (TPSA) is 38.8 Å². The number of hydrogen-bond acceptors (Lipinski definition) is 6. The number of thiocarbonyl (C=S) groups is 1. The Balaban J connectivity index is 1.68. The van der Waals surface area contributed by atoms with Crippen LogP contribution in [0.2, 0.25) is 0 Å². The van der Waals surface area contributed by atoms with E-state index >= 15 is 0 Å². The summed E-state index contributed by atoms with van der Waals surface area (Å²) in [6, 6.07) is 9.31. The molecule has 0 bridgehead atoms. The van der Waals surface area contributed by atoms with Crippen molar-refractivity contribution in [2.75, 3.05) is 11.7 Å². The van der Waals surface area contributed by atoms with E-state index in [4.69, 9.17) is 21.7 Å². The highest BCUT2D eigenvalue weighted by Crippen LogP contribution is 2.40. The SMILES string of the molecule is O=C1C(=Cc2cccs2)SC(=S)N1c1ccc2c(c1)OCO2. The van der Waals surface area contributed by atoms with Crippen LogP contribution in [0.15, 0.2) is 40.6 Å². The van der Waals surface area contributed by atoms with Gasteiger partial charge in [0.25, 0.3) is 5.91 Å². The van der Waals surface area contributed by atoms with Crippen LogP contribution in [0.5, 0.6) is 11.5 Å². The molecule has 0 atom stereocenters. The molecule has 0 N–H and O–H groups in total. The zero-order chi connectivity index (χ0) is 15.1. The van der Waals surface area contributed by atoms with Gasteiger partial charge in [0.1, 0.15) is 0 Å². The lowest BCUT2D eigenvalue weighted by molar-refractivity contribution is -0.113. The summed E-state index contributed by atoms with van der Waals surface area (Å²) in [5.41, 5.74) is 0.696. The summed E-state index contributed by atoms with van der Waals surface area (Å²) in [4.78, 5) is 15.8. The Bertz CT molecular complexity index is 798. The van der Waals surface area contributed by atoms with E-state index in [0.717, 1.165) is 4.88 Å². The second-order valence-corrected chi connectivity index (χ2v) is 7.23. The number of anilines is 1. The molecule has 4 nitrogen and oxygen atoms in total. The van der Waals surface area contributed by atoms with Crippen molar-refractivity contribution >= 4 is 57.3 Å². The number of carbonyl (C=O) groups is 1. The van der Waals surface area contributed by atoms with Crippen LogP contribution in [0.1, 0.15) is 4.88 Å². The maximum atomic E-state index is 12.6. The van der Waals surface area contributed by atoms with Gasteiger partial charge in [0.2, 0.25) is 6.79 Å². The van der Waals surface area contributed by atoms with Gasteiger partial charge in [-0.2, -0.15) is 0 Å². The van der Waals surface area contributed by atoms with Gasteiger partial charge in [0.15, 0.2) is 15.8 Å². The van der Waals surface area contributed by atoms with Crippen molar-refractivity contribution in [2.45, 2.75) is 0 Å². The highest BCUT2D eigenvalue weighted by atomic mass is 32.2. The fraction of sp³-hybridized carbons (Fsp3) is 0.0667. The van der Waals surface area contributed by atoms with Crippen LogP contribution >= 0.6 is 35.3 Å². The van der Waals surface area contributed by atoms with E-state index in [9.17, 15) is 4.79 Å². The molecule has 22 heavy (non-hydrogen) atoms. The lowest BCUT2D eigenvalue weighted by atomic mass is 10.2. The number of rotatable bonds is 2. The third-order valence-corrected chi connectivity index (χ3v) is 5.35. The summed E-state index contributed by atoms with van der Waals surface area (Å²) in [6.07, 6.45) is 1.87. The van der Waals surface area contributed by atoms with Crippen molar-refractivity contribution < 1.29 is 14.3 Å². The van der Waals surface area contributed by atoms with E-state index in [0.29, 0.717) is 26.4 Å². The van der Waals surface area contributed by atoms with Gasteiger partial charge >= 0.3 is 0 Å². The minimum absolute atomic E-state index is 0.109. The summed E-state index contributed by atoms with van der Waals surface area (Å²) < 4.78 is 11.2. The van der Waals surface area contributed by atoms with Crippen molar-refractivity contribution in [1.82, 2.24) is 0 Å². The first-order valence-corrected chi connectivity index (χ1v) is 8.54. The number of amides is 1. The van der Waals surface area contributed by atoms with Crippen molar-refractivity contribution in [2.24, 2.45) is 0 Å². The molecule has 4 rings (SSSR count). The third kappa shape index (κ3) is 2.31. The Morgan fingerprint density at radius 3 is 2.91 bits per heavy atom. The number of benzene rings is 1. The number of hydrogen-bond donors (Lipinski definition) is 0. The van der Waals surface area contributed by atoms with Crippen LogP contribution in [0.3, 0.4) is 0 Å². The standard InChI is InChI=1S/C15H9NO3S3/c17-14-13(7-10-2-1-5-21-10)22-15(20)16(14)9-3-4-11-12(6-9)19-8-18-11/h1-7H,8H2. The summed E-state index contributed by atoms with van der Waals surface area (Å²) in [5.74, 6) is 1.21. The fourth-order valence-electron chi connectivity index (χ4n) is 2.22. The van der Waals surface area contributed by atoms with E-state index < -0.39 is 0 Å². The molecule has 0 spiro atoms. The summed E-state index contributed by atoms with van der Waals surface area (Å²) in [7, 11) is 0. The average Bonchev–Trinajstić information content (AvgIpc) is 3.21. The largest absolute Gasteiger partial charge is 0.454 e. The molecular weight excluding hydrogens is 338 g/mol. The van der Waals surface area contributed by atoms with Gasteiger partial charge in [-0.05, 0) is 29.7 Å². The molecular formula is C15H9NO3S3. The molecule has 1 aromatic heterocycles. The van der Waals surface area contributed by atoms with Crippen LogP contribution < -0.4 is 14.4 Å². The molecule has 0 radical (unpaired) electrons. The molecule has 0 saturated carbocycles. The number of fused-ring (bicyclic) bond motifs is 1. The van der Waals surface area contributed by atoms with E-state index in [2.05, 4.69) is 0 Å². The normalized spacial score (nSPS) is 18.5. The first-order valence-electron chi connectivity index (χ1n) is 6.43. The lowest BCUT2D eigenvalue weighted by Gasteiger charge is -2.14. The van der Waals surface area contributed by atoms with Crippen molar-refractivity contribution in [1.29, 1.82) is 0 Å². The van der Waals surface area contributed by atoms with Gasteiger partial charge in [-0.25, -0.2) is 0 Å².